The van der Waals surface area contributed by atoms with Gasteiger partial charge in [0.2, 0.25) is 0 Å². The highest BCUT2D eigenvalue weighted by Gasteiger charge is 2.09. The van der Waals surface area contributed by atoms with Crippen molar-refractivity contribution in [2.75, 3.05) is 11.9 Å². The summed E-state index contributed by atoms with van der Waals surface area (Å²) in [5.74, 6) is -0.789. The predicted molar refractivity (Wildman–Crippen MR) is 77.2 cm³/mol. The molecule has 7 heteroatoms. The highest BCUT2D eigenvalue weighted by atomic mass is 79.9. The first-order chi connectivity index (χ1) is 9.08. The first kappa shape index (κ1) is 14.0. The number of hydrogen-bond acceptors (Lipinski definition) is 5. The average Bonchev–Trinajstić information content (AvgIpc) is 2.77. The minimum atomic E-state index is -0.400. The van der Waals surface area contributed by atoms with E-state index >= 15 is 0 Å². The van der Waals surface area contributed by atoms with E-state index in [9.17, 15) is 9.59 Å². The molecule has 2 rings (SSSR count). The fraction of sp³-hybridized carbons (Fsp3) is 0.250. The number of ether oxygens (including phenoxy) is 1. The van der Waals surface area contributed by atoms with Gasteiger partial charge in [0.1, 0.15) is 0 Å². The predicted octanol–water partition coefficient (Wildman–Crippen LogP) is 2.95. The van der Waals surface area contributed by atoms with Crippen LogP contribution >= 0.6 is 27.3 Å². The molecule has 0 atom stereocenters. The van der Waals surface area contributed by atoms with E-state index < -0.39 is 5.97 Å². The number of esters is 1. The second-order valence-corrected chi connectivity index (χ2v) is 5.64. The molecule has 1 aromatic carbocycles. The Morgan fingerprint density at radius 3 is 3.00 bits per heavy atom. The van der Waals surface area contributed by atoms with Crippen molar-refractivity contribution in [3.05, 3.63) is 22.7 Å². The van der Waals surface area contributed by atoms with E-state index in [0.29, 0.717) is 5.13 Å². The van der Waals surface area contributed by atoms with Gasteiger partial charge < -0.3 is 4.74 Å². The van der Waals surface area contributed by atoms with Crippen LogP contribution in [0.15, 0.2) is 22.7 Å². The van der Waals surface area contributed by atoms with Crippen LogP contribution in [0.4, 0.5) is 5.13 Å². The molecule has 0 fully saturated rings. The maximum atomic E-state index is 11.5. The molecule has 0 saturated heterocycles. The van der Waals surface area contributed by atoms with E-state index in [1.54, 1.807) is 6.92 Å². The largest absolute Gasteiger partial charge is 0.456 e. The van der Waals surface area contributed by atoms with Crippen molar-refractivity contribution in [3.8, 4) is 0 Å². The van der Waals surface area contributed by atoms with Crippen molar-refractivity contribution in [1.82, 2.24) is 4.98 Å². The summed E-state index contributed by atoms with van der Waals surface area (Å²) in [6, 6.07) is 5.68. The van der Waals surface area contributed by atoms with Crippen LogP contribution in [0.3, 0.4) is 0 Å². The number of benzene rings is 1. The number of nitrogens with zero attached hydrogens (tertiary/aromatic N) is 1. The second kappa shape index (κ2) is 6.12. The summed E-state index contributed by atoms with van der Waals surface area (Å²) in [5, 5.41) is 3.10. The number of halogens is 1. The Morgan fingerprint density at radius 1 is 1.47 bits per heavy atom. The van der Waals surface area contributed by atoms with Gasteiger partial charge in [-0.05, 0) is 18.2 Å². The topological polar surface area (TPSA) is 68.3 Å². The molecule has 0 spiro atoms. The number of anilines is 1. The van der Waals surface area contributed by atoms with E-state index in [4.69, 9.17) is 4.74 Å². The fourth-order valence-corrected chi connectivity index (χ4v) is 2.79. The molecule has 0 radical (unpaired) electrons. The van der Waals surface area contributed by atoms with Crippen LogP contribution in [0, 0.1) is 0 Å². The normalized spacial score (nSPS) is 10.4. The zero-order valence-corrected chi connectivity index (χ0v) is 12.5. The molecule has 5 nitrogen and oxygen atoms in total. The Labute approximate surface area is 122 Å². The van der Waals surface area contributed by atoms with E-state index in [0.717, 1.165) is 14.7 Å². The van der Waals surface area contributed by atoms with Gasteiger partial charge in [-0.2, -0.15) is 0 Å². The van der Waals surface area contributed by atoms with Crippen LogP contribution in [-0.2, 0) is 14.3 Å². The zero-order chi connectivity index (χ0) is 13.8. The van der Waals surface area contributed by atoms with E-state index in [1.807, 2.05) is 18.2 Å². The van der Waals surface area contributed by atoms with Crippen LogP contribution in [-0.4, -0.2) is 23.5 Å². The van der Waals surface area contributed by atoms with Crippen molar-refractivity contribution < 1.29 is 14.3 Å². The van der Waals surface area contributed by atoms with Gasteiger partial charge in [0.15, 0.2) is 11.7 Å². The highest BCUT2D eigenvalue weighted by Crippen LogP contribution is 2.28. The Balaban J connectivity index is 2.01. The molecule has 19 heavy (non-hydrogen) atoms. The zero-order valence-electron chi connectivity index (χ0n) is 10.1. The third kappa shape index (κ3) is 3.74. The van der Waals surface area contributed by atoms with Gasteiger partial charge >= 0.3 is 5.97 Å². The molecule has 2 aromatic rings. The second-order valence-electron chi connectivity index (χ2n) is 3.69. The molecule has 1 heterocycles. The van der Waals surface area contributed by atoms with E-state index in [2.05, 4.69) is 26.2 Å². The summed E-state index contributed by atoms with van der Waals surface area (Å²) in [6.45, 7) is 1.39. The summed E-state index contributed by atoms with van der Waals surface area (Å²) < 4.78 is 6.66. The van der Waals surface area contributed by atoms with Crippen molar-refractivity contribution in [2.45, 2.75) is 13.3 Å². The molecule has 0 aliphatic rings. The van der Waals surface area contributed by atoms with Gasteiger partial charge in [-0.15, -0.1) is 0 Å². The molecular formula is C12H11BrN2O3S. The molecule has 1 amide bonds. The van der Waals surface area contributed by atoms with Crippen LogP contribution in [0.25, 0.3) is 10.2 Å². The number of nitrogens with one attached hydrogen (secondary N) is 1. The van der Waals surface area contributed by atoms with Gasteiger partial charge in [-0.1, -0.05) is 34.2 Å². The van der Waals surface area contributed by atoms with Crippen molar-refractivity contribution in [3.63, 3.8) is 0 Å². The third-order valence-corrected chi connectivity index (χ3v) is 3.68. The fourth-order valence-electron chi connectivity index (χ4n) is 1.36. The number of amides is 1. The first-order valence-electron chi connectivity index (χ1n) is 5.60. The van der Waals surface area contributed by atoms with Crippen LogP contribution in [0.1, 0.15) is 13.3 Å². The van der Waals surface area contributed by atoms with E-state index in [-0.39, 0.29) is 18.9 Å². The van der Waals surface area contributed by atoms with E-state index in [1.165, 1.54) is 11.3 Å². The lowest BCUT2D eigenvalue weighted by molar-refractivity contribution is -0.146. The van der Waals surface area contributed by atoms with Crippen molar-refractivity contribution in [2.24, 2.45) is 0 Å². The molecular weight excluding hydrogens is 332 g/mol. The maximum Gasteiger partial charge on any atom is 0.306 e. The van der Waals surface area contributed by atoms with Gasteiger partial charge in [-0.3, -0.25) is 14.9 Å². The summed E-state index contributed by atoms with van der Waals surface area (Å²) in [4.78, 5) is 26.7. The number of carbonyl (C=O) groups is 2. The molecule has 1 N–H and O–H groups in total. The summed E-state index contributed by atoms with van der Waals surface area (Å²) in [7, 11) is 0. The van der Waals surface area contributed by atoms with Gasteiger partial charge in [0, 0.05) is 10.9 Å². The molecule has 1 aromatic heterocycles. The number of thiazole rings is 1. The molecule has 0 bridgehead atoms. The van der Waals surface area contributed by atoms with Gasteiger partial charge in [0.05, 0.1) is 10.2 Å². The van der Waals surface area contributed by atoms with Gasteiger partial charge in [-0.25, -0.2) is 4.98 Å². The Hall–Kier alpha value is -1.47. The lowest BCUT2D eigenvalue weighted by Gasteiger charge is -2.02. The van der Waals surface area contributed by atoms with Gasteiger partial charge in [0.25, 0.3) is 5.91 Å². The van der Waals surface area contributed by atoms with Crippen LogP contribution < -0.4 is 5.32 Å². The molecule has 0 unspecified atom stereocenters. The van der Waals surface area contributed by atoms with Crippen molar-refractivity contribution >= 4 is 54.5 Å². The quantitative estimate of drug-likeness (QED) is 0.867. The Bertz CT molecular complexity index is 626. The van der Waals surface area contributed by atoms with Crippen LogP contribution in [0.5, 0.6) is 0 Å². The average molecular weight is 343 g/mol. The van der Waals surface area contributed by atoms with Crippen LogP contribution in [0.2, 0.25) is 0 Å². The number of aromatic nitrogens is 1. The maximum absolute atomic E-state index is 11.5. The SMILES string of the molecule is CCC(=O)OCC(=O)Nc1nc2ccc(Br)cc2s1. The minimum absolute atomic E-state index is 0.252. The number of fused-ring (bicyclic) bond motifs is 1. The Kier molecular flexibility index (Phi) is 4.49. The number of hydrogen-bond donors (Lipinski definition) is 1. The standard InChI is InChI=1S/C12H11BrN2O3S/c1-2-11(17)18-6-10(16)15-12-14-8-4-3-7(13)5-9(8)19-12/h3-5H,2,6H2,1H3,(H,14,15,16). The molecule has 0 saturated carbocycles. The lowest BCUT2D eigenvalue weighted by atomic mass is 10.3. The molecule has 100 valence electrons. The molecule has 0 aliphatic carbocycles. The number of carbonyl (C=O) groups excluding carboxylic acids is 2. The minimum Gasteiger partial charge on any atom is -0.456 e. The smallest absolute Gasteiger partial charge is 0.306 e. The summed E-state index contributed by atoms with van der Waals surface area (Å²) in [5.41, 5.74) is 0.814. The number of rotatable bonds is 4. The summed E-state index contributed by atoms with van der Waals surface area (Å²) in [6.07, 6.45) is 0.252. The lowest BCUT2D eigenvalue weighted by Crippen LogP contribution is -2.20. The van der Waals surface area contributed by atoms with Crippen molar-refractivity contribution in [1.29, 1.82) is 0 Å². The molecule has 0 aliphatic heterocycles. The first-order valence-corrected chi connectivity index (χ1v) is 7.21. The Morgan fingerprint density at radius 2 is 2.26 bits per heavy atom. The highest BCUT2D eigenvalue weighted by molar-refractivity contribution is 9.10. The summed E-state index contributed by atoms with van der Waals surface area (Å²) >= 11 is 4.74. The monoisotopic (exact) mass is 342 g/mol. The third-order valence-electron chi connectivity index (χ3n) is 2.25.